The van der Waals surface area contributed by atoms with Crippen molar-refractivity contribution >= 4 is 19.8 Å². The number of carbonyl (C=O) groups excluding carboxylic acids is 2. The third-order valence-electron chi connectivity index (χ3n) is 10.3. The van der Waals surface area contributed by atoms with E-state index in [1.165, 1.54) is 44.9 Å². The molecule has 356 valence electrons. The third-order valence-corrected chi connectivity index (χ3v) is 11.3. The molecule has 6 N–H and O–H groups in total. The fraction of sp³-hybridized carbons (Fsp3) is 0.708. The van der Waals surface area contributed by atoms with Crippen LogP contribution in [0.4, 0.5) is 0 Å². The van der Waals surface area contributed by atoms with E-state index in [1.807, 2.05) is 12.2 Å². The van der Waals surface area contributed by atoms with Crippen molar-refractivity contribution in [3.63, 3.8) is 0 Å². The summed E-state index contributed by atoms with van der Waals surface area (Å²) in [5.41, 5.74) is 0. The summed E-state index contributed by atoms with van der Waals surface area (Å²) >= 11 is 0. The molecule has 62 heavy (non-hydrogen) atoms. The normalized spacial score (nSPS) is 22.5. The van der Waals surface area contributed by atoms with Crippen LogP contribution in [0.2, 0.25) is 0 Å². The van der Waals surface area contributed by atoms with Crippen LogP contribution in [0.3, 0.4) is 0 Å². The van der Waals surface area contributed by atoms with Gasteiger partial charge < -0.3 is 39.9 Å². The lowest BCUT2D eigenvalue weighted by atomic mass is 9.85. The van der Waals surface area contributed by atoms with Gasteiger partial charge in [-0.25, -0.2) is 4.57 Å². The number of esters is 2. The maximum absolute atomic E-state index is 12.8. The molecule has 0 heterocycles. The number of carbonyl (C=O) groups is 2. The minimum atomic E-state index is -5.14. The summed E-state index contributed by atoms with van der Waals surface area (Å²) in [6.07, 6.45) is 33.9. The average Bonchev–Trinajstić information content (AvgIpc) is 3.25. The molecule has 1 saturated carbocycles. The summed E-state index contributed by atoms with van der Waals surface area (Å²) in [5.74, 6) is -1.18. The lowest BCUT2D eigenvalue weighted by Crippen LogP contribution is -2.64. The van der Waals surface area contributed by atoms with E-state index < -0.39 is 75.7 Å². The molecule has 0 aromatic rings. The van der Waals surface area contributed by atoms with E-state index in [-0.39, 0.29) is 12.8 Å². The van der Waals surface area contributed by atoms with Gasteiger partial charge in [-0.3, -0.25) is 18.6 Å². The summed E-state index contributed by atoms with van der Waals surface area (Å²) in [7, 11) is -5.14. The summed E-state index contributed by atoms with van der Waals surface area (Å²) in [6.45, 7) is 3.12. The van der Waals surface area contributed by atoms with E-state index in [2.05, 4.69) is 74.6 Å². The van der Waals surface area contributed by atoms with E-state index >= 15 is 0 Å². The number of aliphatic hydroxyl groups excluding tert-OH is 5. The lowest BCUT2D eigenvalue weighted by Gasteiger charge is -2.41. The smallest absolute Gasteiger partial charge is 0.462 e. The standard InChI is InChI=1S/C48H81O13P/c1-3-5-7-9-11-13-15-17-19-21-23-24-26-28-30-32-34-36-41(49)58-38-40(39-59-62(56,57)61-48-46(54)44(52)43(51)45(53)47(48)55)60-42(50)37-35-33-31-29-27-25-22-20-18-16-14-12-10-8-6-4-2/h5,7,11,13,17,19-20,22-24,28,30,40,43-48,51-55H,3-4,6,8-10,12,14-16,18,21,25-27,29,31-39H2,1-2H3,(H,56,57)/b7-5-,13-11-,19-17-,22-20-,24-23-,30-28-/t40-,43?,44-,45?,46?,47?,48?/m1/s1. The van der Waals surface area contributed by atoms with Gasteiger partial charge in [0.25, 0.3) is 0 Å². The molecule has 6 unspecified atom stereocenters. The van der Waals surface area contributed by atoms with Crippen LogP contribution in [0, 0.1) is 0 Å². The third kappa shape index (κ3) is 29.6. The van der Waals surface area contributed by atoms with E-state index in [9.17, 15) is 44.6 Å². The van der Waals surface area contributed by atoms with Gasteiger partial charge in [-0.15, -0.1) is 0 Å². The first-order chi connectivity index (χ1) is 29.9. The second-order valence-electron chi connectivity index (χ2n) is 15.9. The number of ether oxygens (including phenoxy) is 2. The molecular formula is C48H81O13P. The van der Waals surface area contributed by atoms with Gasteiger partial charge in [0.1, 0.15) is 43.2 Å². The van der Waals surface area contributed by atoms with Crippen LogP contribution < -0.4 is 0 Å². The fourth-order valence-corrected chi connectivity index (χ4v) is 7.52. The van der Waals surface area contributed by atoms with Crippen molar-refractivity contribution in [1.29, 1.82) is 0 Å². The molecule has 0 amide bonds. The van der Waals surface area contributed by atoms with Gasteiger partial charge in [0.2, 0.25) is 0 Å². The molecule has 0 bridgehead atoms. The number of hydrogen-bond donors (Lipinski definition) is 6. The highest BCUT2D eigenvalue weighted by Crippen LogP contribution is 2.47. The molecule has 1 aliphatic carbocycles. The van der Waals surface area contributed by atoms with Crippen LogP contribution in [0.1, 0.15) is 162 Å². The molecule has 0 aromatic heterocycles. The molecule has 0 spiro atoms. The Kier molecular flexibility index (Phi) is 34.8. The van der Waals surface area contributed by atoms with Gasteiger partial charge in [-0.2, -0.15) is 0 Å². The fourth-order valence-electron chi connectivity index (χ4n) is 6.55. The quantitative estimate of drug-likeness (QED) is 0.0149. The number of allylic oxidation sites excluding steroid dienone is 12. The molecule has 1 aliphatic rings. The van der Waals surface area contributed by atoms with Crippen molar-refractivity contribution in [3.05, 3.63) is 72.9 Å². The Labute approximate surface area is 372 Å². The number of unbranched alkanes of at least 4 members (excludes halogenated alkanes) is 13. The van der Waals surface area contributed by atoms with E-state index in [0.717, 1.165) is 70.6 Å². The molecule has 0 saturated heterocycles. The molecule has 0 radical (unpaired) electrons. The Morgan fingerprint density at radius 3 is 1.47 bits per heavy atom. The summed E-state index contributed by atoms with van der Waals surface area (Å²) < 4.78 is 33.5. The van der Waals surface area contributed by atoms with Crippen LogP contribution in [0.25, 0.3) is 0 Å². The Balaban J connectivity index is 2.51. The zero-order valence-corrected chi connectivity index (χ0v) is 38.5. The number of phosphoric ester groups is 1. The maximum Gasteiger partial charge on any atom is 0.472 e. The van der Waals surface area contributed by atoms with Crippen molar-refractivity contribution in [2.75, 3.05) is 13.2 Å². The summed E-state index contributed by atoms with van der Waals surface area (Å²) in [5, 5.41) is 50.1. The number of rotatable bonds is 37. The van der Waals surface area contributed by atoms with Gasteiger partial charge in [-0.05, 0) is 77.0 Å². The van der Waals surface area contributed by atoms with E-state index in [4.69, 9.17) is 18.5 Å². The first-order valence-corrected chi connectivity index (χ1v) is 24.7. The van der Waals surface area contributed by atoms with Crippen LogP contribution in [0.15, 0.2) is 72.9 Å². The first kappa shape index (κ1) is 57.3. The van der Waals surface area contributed by atoms with Gasteiger partial charge >= 0.3 is 19.8 Å². The first-order valence-electron chi connectivity index (χ1n) is 23.2. The van der Waals surface area contributed by atoms with Crippen molar-refractivity contribution in [3.8, 4) is 0 Å². The highest BCUT2D eigenvalue weighted by molar-refractivity contribution is 7.47. The summed E-state index contributed by atoms with van der Waals surface area (Å²) in [4.78, 5) is 35.7. The van der Waals surface area contributed by atoms with Crippen molar-refractivity contribution in [2.45, 2.75) is 204 Å². The Morgan fingerprint density at radius 1 is 0.516 bits per heavy atom. The number of phosphoric acid groups is 1. The van der Waals surface area contributed by atoms with Crippen LogP contribution >= 0.6 is 7.82 Å². The van der Waals surface area contributed by atoms with Crippen LogP contribution in [-0.4, -0.2) is 98.3 Å². The predicted octanol–water partition coefficient (Wildman–Crippen LogP) is 9.11. The van der Waals surface area contributed by atoms with Gasteiger partial charge in [0, 0.05) is 12.8 Å². The minimum Gasteiger partial charge on any atom is -0.462 e. The largest absolute Gasteiger partial charge is 0.472 e. The monoisotopic (exact) mass is 897 g/mol. The zero-order chi connectivity index (χ0) is 45.7. The maximum atomic E-state index is 12.8. The zero-order valence-electron chi connectivity index (χ0n) is 37.6. The van der Waals surface area contributed by atoms with Gasteiger partial charge in [-0.1, -0.05) is 145 Å². The molecular weight excluding hydrogens is 815 g/mol. The second kappa shape index (κ2) is 37.6. The molecule has 14 heteroatoms. The molecule has 0 aliphatic heterocycles. The van der Waals surface area contributed by atoms with Crippen LogP contribution in [-0.2, 0) is 32.7 Å². The molecule has 1 fully saturated rings. The topological polar surface area (TPSA) is 210 Å². The Bertz CT molecular complexity index is 1360. The number of hydrogen-bond acceptors (Lipinski definition) is 12. The van der Waals surface area contributed by atoms with E-state index in [1.54, 1.807) is 0 Å². The van der Waals surface area contributed by atoms with Gasteiger partial charge in [0.15, 0.2) is 6.10 Å². The molecule has 1 rings (SSSR count). The van der Waals surface area contributed by atoms with Crippen LogP contribution in [0.5, 0.6) is 0 Å². The molecule has 0 aromatic carbocycles. The van der Waals surface area contributed by atoms with Gasteiger partial charge in [0.05, 0.1) is 6.61 Å². The molecule has 13 nitrogen and oxygen atoms in total. The van der Waals surface area contributed by atoms with Crippen molar-refractivity contribution in [1.82, 2.24) is 0 Å². The SMILES string of the molecule is CC/C=C\C/C=C\C/C=C\C/C=C\C/C=C\CCCC(=O)OC[C@H](COP(=O)(O)OC1C(O)C(O)C(O)[C@@H](O)C1O)OC(=O)CCCCCCC/C=C\CCCCCCCCC. The highest BCUT2D eigenvalue weighted by Gasteiger charge is 2.51. The minimum absolute atomic E-state index is 0.0713. The Morgan fingerprint density at radius 2 is 0.935 bits per heavy atom. The van der Waals surface area contributed by atoms with Crippen molar-refractivity contribution in [2.24, 2.45) is 0 Å². The summed E-state index contributed by atoms with van der Waals surface area (Å²) in [6, 6.07) is 0. The van der Waals surface area contributed by atoms with Crippen molar-refractivity contribution < 1.29 is 63.1 Å². The number of aliphatic hydroxyl groups is 5. The Hall–Kier alpha value is -2.71. The lowest BCUT2D eigenvalue weighted by molar-refractivity contribution is -0.220. The second-order valence-corrected chi connectivity index (χ2v) is 17.3. The predicted molar refractivity (Wildman–Crippen MR) is 244 cm³/mol. The van der Waals surface area contributed by atoms with E-state index in [0.29, 0.717) is 19.3 Å². The average molecular weight is 897 g/mol. The highest BCUT2D eigenvalue weighted by atomic mass is 31.2. The molecule has 8 atom stereocenters.